The van der Waals surface area contributed by atoms with Gasteiger partial charge in [-0.05, 0) is 44.2 Å². The van der Waals surface area contributed by atoms with Crippen molar-refractivity contribution < 1.29 is 9.47 Å². The molecule has 0 radical (unpaired) electrons. The summed E-state index contributed by atoms with van der Waals surface area (Å²) >= 11 is 3.48. The highest BCUT2D eigenvalue weighted by molar-refractivity contribution is 9.10. The lowest BCUT2D eigenvalue weighted by molar-refractivity contribution is 0.0855. The molecule has 2 atom stereocenters. The van der Waals surface area contributed by atoms with E-state index in [9.17, 15) is 0 Å². The molecule has 3 nitrogen and oxygen atoms in total. The lowest BCUT2D eigenvalue weighted by atomic mass is 10.0. The minimum absolute atomic E-state index is 0.156. The second kappa shape index (κ2) is 6.99. The van der Waals surface area contributed by atoms with E-state index in [4.69, 9.17) is 9.47 Å². The summed E-state index contributed by atoms with van der Waals surface area (Å²) in [6.07, 6.45) is 1.03. The fraction of sp³-hybridized carbons (Fsp3) is 0.538. The minimum atomic E-state index is 0.156. The molecule has 0 saturated carbocycles. The van der Waals surface area contributed by atoms with Crippen LogP contribution in [0.25, 0.3) is 0 Å². The van der Waals surface area contributed by atoms with Crippen LogP contribution in [0.1, 0.15) is 12.5 Å². The largest absolute Gasteiger partial charge is 0.496 e. The maximum absolute atomic E-state index is 5.37. The Morgan fingerprint density at radius 3 is 2.59 bits per heavy atom. The molecule has 0 spiro atoms. The maximum Gasteiger partial charge on any atom is 0.122 e. The maximum atomic E-state index is 5.37. The number of nitrogens with one attached hydrogen (secondary N) is 1. The fourth-order valence-corrected chi connectivity index (χ4v) is 2.22. The van der Waals surface area contributed by atoms with Gasteiger partial charge in [-0.3, -0.25) is 0 Å². The lowest BCUT2D eigenvalue weighted by Crippen LogP contribution is -2.38. The predicted octanol–water partition coefficient (Wildman–Crippen LogP) is 2.62. The molecule has 0 saturated heterocycles. The van der Waals surface area contributed by atoms with Crippen LogP contribution in [0.15, 0.2) is 22.7 Å². The summed E-state index contributed by atoms with van der Waals surface area (Å²) in [6, 6.07) is 6.31. The number of ether oxygens (including phenoxy) is 2. The van der Waals surface area contributed by atoms with Crippen molar-refractivity contribution in [2.24, 2.45) is 0 Å². The van der Waals surface area contributed by atoms with Gasteiger partial charge in [-0.1, -0.05) is 15.9 Å². The van der Waals surface area contributed by atoms with Gasteiger partial charge in [0.15, 0.2) is 0 Å². The molecule has 1 rings (SSSR count). The summed E-state index contributed by atoms with van der Waals surface area (Å²) in [4.78, 5) is 0. The number of rotatable bonds is 6. The summed E-state index contributed by atoms with van der Waals surface area (Å²) in [5.41, 5.74) is 1.17. The highest BCUT2D eigenvalue weighted by Gasteiger charge is 2.17. The van der Waals surface area contributed by atoms with Crippen LogP contribution in [0.5, 0.6) is 5.75 Å². The van der Waals surface area contributed by atoms with E-state index in [2.05, 4.69) is 34.2 Å². The Bertz CT molecular complexity index is 357. The van der Waals surface area contributed by atoms with Crippen molar-refractivity contribution >= 4 is 15.9 Å². The first-order chi connectivity index (χ1) is 8.12. The Labute approximate surface area is 112 Å². The molecule has 0 aromatic heterocycles. The van der Waals surface area contributed by atoms with Gasteiger partial charge in [0.05, 0.1) is 13.2 Å². The van der Waals surface area contributed by atoms with Crippen molar-refractivity contribution in [2.75, 3.05) is 21.3 Å². The molecule has 0 aliphatic carbocycles. The standard InChI is InChI=1S/C13H20BrNO2/c1-9(16-3)12(15-2)8-10-7-11(14)5-6-13(10)17-4/h5-7,9,12,15H,8H2,1-4H3. The fourth-order valence-electron chi connectivity index (χ4n) is 1.81. The normalized spacial score (nSPS) is 14.4. The van der Waals surface area contributed by atoms with Gasteiger partial charge >= 0.3 is 0 Å². The molecule has 1 aromatic carbocycles. The topological polar surface area (TPSA) is 30.5 Å². The average molecular weight is 302 g/mol. The van der Waals surface area contributed by atoms with Crippen LogP contribution in [0.2, 0.25) is 0 Å². The van der Waals surface area contributed by atoms with Gasteiger partial charge in [0.1, 0.15) is 5.75 Å². The Kier molecular flexibility index (Phi) is 5.95. The Balaban J connectivity index is 2.88. The highest BCUT2D eigenvalue weighted by atomic mass is 79.9. The summed E-state index contributed by atoms with van der Waals surface area (Å²) in [5, 5.41) is 3.28. The van der Waals surface area contributed by atoms with E-state index in [0.717, 1.165) is 16.6 Å². The van der Waals surface area contributed by atoms with Crippen molar-refractivity contribution in [1.29, 1.82) is 0 Å². The minimum Gasteiger partial charge on any atom is -0.496 e. The van der Waals surface area contributed by atoms with Crippen LogP contribution < -0.4 is 10.1 Å². The van der Waals surface area contributed by atoms with Gasteiger partial charge < -0.3 is 14.8 Å². The van der Waals surface area contributed by atoms with E-state index in [1.807, 2.05) is 19.2 Å². The lowest BCUT2D eigenvalue weighted by Gasteiger charge is -2.23. The third kappa shape index (κ3) is 3.98. The first-order valence-corrected chi connectivity index (χ1v) is 6.44. The molecule has 1 aromatic rings. The molecule has 0 bridgehead atoms. The molecule has 0 heterocycles. The summed E-state index contributed by atoms with van der Waals surface area (Å²) in [5.74, 6) is 0.914. The van der Waals surface area contributed by atoms with Gasteiger partial charge in [0.2, 0.25) is 0 Å². The Hall–Kier alpha value is -0.580. The van der Waals surface area contributed by atoms with Crippen LogP contribution in [0.4, 0.5) is 0 Å². The summed E-state index contributed by atoms with van der Waals surface area (Å²) in [7, 11) is 5.37. The molecule has 96 valence electrons. The number of likely N-dealkylation sites (N-methyl/N-ethyl adjacent to an activating group) is 1. The monoisotopic (exact) mass is 301 g/mol. The van der Waals surface area contributed by atoms with E-state index in [1.54, 1.807) is 14.2 Å². The number of halogens is 1. The number of methoxy groups -OCH3 is 2. The van der Waals surface area contributed by atoms with Gasteiger partial charge in [0, 0.05) is 17.6 Å². The molecule has 4 heteroatoms. The van der Waals surface area contributed by atoms with Crippen LogP contribution in [0, 0.1) is 0 Å². The molecule has 0 aliphatic heterocycles. The van der Waals surface area contributed by atoms with Crippen molar-refractivity contribution in [1.82, 2.24) is 5.32 Å². The van der Waals surface area contributed by atoms with Gasteiger partial charge in [-0.2, -0.15) is 0 Å². The van der Waals surface area contributed by atoms with E-state index in [1.165, 1.54) is 5.56 Å². The second-order valence-electron chi connectivity index (χ2n) is 4.00. The number of hydrogen-bond donors (Lipinski definition) is 1. The molecule has 0 fully saturated rings. The molecule has 2 unspecified atom stereocenters. The number of hydrogen-bond acceptors (Lipinski definition) is 3. The van der Waals surface area contributed by atoms with E-state index >= 15 is 0 Å². The number of benzene rings is 1. The van der Waals surface area contributed by atoms with Crippen LogP contribution in [-0.4, -0.2) is 33.4 Å². The third-order valence-electron chi connectivity index (χ3n) is 2.99. The quantitative estimate of drug-likeness (QED) is 0.876. The van der Waals surface area contributed by atoms with Crippen molar-refractivity contribution in [3.63, 3.8) is 0 Å². The van der Waals surface area contributed by atoms with E-state index in [0.29, 0.717) is 0 Å². The summed E-state index contributed by atoms with van der Waals surface area (Å²) < 4.78 is 11.8. The second-order valence-corrected chi connectivity index (χ2v) is 4.91. The first-order valence-electron chi connectivity index (χ1n) is 5.64. The summed E-state index contributed by atoms with van der Waals surface area (Å²) in [6.45, 7) is 2.06. The first kappa shape index (κ1) is 14.5. The van der Waals surface area contributed by atoms with Crippen LogP contribution >= 0.6 is 15.9 Å². The van der Waals surface area contributed by atoms with Crippen molar-refractivity contribution in [3.8, 4) is 5.75 Å². The van der Waals surface area contributed by atoms with Crippen molar-refractivity contribution in [2.45, 2.75) is 25.5 Å². The molecule has 17 heavy (non-hydrogen) atoms. The zero-order valence-electron chi connectivity index (χ0n) is 10.8. The van der Waals surface area contributed by atoms with E-state index in [-0.39, 0.29) is 12.1 Å². The Morgan fingerprint density at radius 2 is 2.06 bits per heavy atom. The highest BCUT2D eigenvalue weighted by Crippen LogP contribution is 2.24. The SMILES string of the molecule is CNC(Cc1cc(Br)ccc1OC)C(C)OC. The zero-order chi connectivity index (χ0) is 12.8. The Morgan fingerprint density at radius 1 is 1.35 bits per heavy atom. The van der Waals surface area contributed by atoms with Crippen LogP contribution in [-0.2, 0) is 11.2 Å². The molecular formula is C13H20BrNO2. The zero-order valence-corrected chi connectivity index (χ0v) is 12.4. The molecule has 1 N–H and O–H groups in total. The van der Waals surface area contributed by atoms with Gasteiger partial charge in [0.25, 0.3) is 0 Å². The molecular weight excluding hydrogens is 282 g/mol. The smallest absolute Gasteiger partial charge is 0.122 e. The van der Waals surface area contributed by atoms with Gasteiger partial charge in [-0.25, -0.2) is 0 Å². The molecule has 0 aliphatic rings. The van der Waals surface area contributed by atoms with Crippen molar-refractivity contribution in [3.05, 3.63) is 28.2 Å². The third-order valence-corrected chi connectivity index (χ3v) is 3.48. The van der Waals surface area contributed by atoms with Gasteiger partial charge in [-0.15, -0.1) is 0 Å². The van der Waals surface area contributed by atoms with E-state index < -0.39 is 0 Å². The average Bonchev–Trinajstić information content (AvgIpc) is 2.35. The predicted molar refractivity (Wildman–Crippen MR) is 73.7 cm³/mol. The molecule has 0 amide bonds. The van der Waals surface area contributed by atoms with Crippen LogP contribution in [0.3, 0.4) is 0 Å².